The highest BCUT2D eigenvalue weighted by Crippen LogP contribution is 2.29. The van der Waals surface area contributed by atoms with E-state index in [2.05, 4.69) is 26.8 Å². The van der Waals surface area contributed by atoms with Crippen molar-refractivity contribution in [2.45, 2.75) is 46.6 Å². The molecule has 2 amide bonds. The maximum Gasteiger partial charge on any atom is 0.279 e. The van der Waals surface area contributed by atoms with Gasteiger partial charge in [0.15, 0.2) is 12.7 Å². The molecule has 1 unspecified atom stereocenters. The number of rotatable bonds is 7. The SMILES string of the molecule is Cc1ccc(OC(C)C(=O)NNC(=O)COc2ccc(Br)cc2C(C)C)cc1C. The number of hydrogen-bond acceptors (Lipinski definition) is 4. The van der Waals surface area contributed by atoms with E-state index in [1.807, 2.05) is 64.1 Å². The molecule has 0 aromatic heterocycles. The lowest BCUT2D eigenvalue weighted by Gasteiger charge is -2.17. The summed E-state index contributed by atoms with van der Waals surface area (Å²) in [6.07, 6.45) is -0.766. The summed E-state index contributed by atoms with van der Waals surface area (Å²) in [5.74, 6) is 0.559. The molecule has 0 aliphatic carbocycles. The Labute approximate surface area is 180 Å². The van der Waals surface area contributed by atoms with Crippen molar-refractivity contribution in [1.82, 2.24) is 10.9 Å². The maximum absolute atomic E-state index is 12.2. The quantitative estimate of drug-likeness (QED) is 0.604. The second kappa shape index (κ2) is 10.3. The van der Waals surface area contributed by atoms with Crippen molar-refractivity contribution in [3.8, 4) is 11.5 Å². The molecule has 0 spiro atoms. The van der Waals surface area contributed by atoms with Crippen LogP contribution >= 0.6 is 15.9 Å². The lowest BCUT2D eigenvalue weighted by molar-refractivity contribution is -0.133. The first-order valence-corrected chi connectivity index (χ1v) is 10.2. The molecule has 156 valence electrons. The van der Waals surface area contributed by atoms with Gasteiger partial charge in [-0.15, -0.1) is 0 Å². The minimum atomic E-state index is -0.766. The van der Waals surface area contributed by atoms with E-state index in [4.69, 9.17) is 9.47 Å². The minimum absolute atomic E-state index is 0.214. The number of hydrogen-bond donors (Lipinski definition) is 2. The van der Waals surface area contributed by atoms with Gasteiger partial charge < -0.3 is 9.47 Å². The zero-order chi connectivity index (χ0) is 21.6. The van der Waals surface area contributed by atoms with E-state index in [1.165, 1.54) is 0 Å². The van der Waals surface area contributed by atoms with Crippen molar-refractivity contribution in [3.63, 3.8) is 0 Å². The summed E-state index contributed by atoms with van der Waals surface area (Å²) in [7, 11) is 0. The van der Waals surface area contributed by atoms with Crippen molar-refractivity contribution in [2.75, 3.05) is 6.61 Å². The number of hydrazine groups is 1. The first-order valence-electron chi connectivity index (χ1n) is 9.42. The highest BCUT2D eigenvalue weighted by atomic mass is 79.9. The predicted octanol–water partition coefficient (Wildman–Crippen LogP) is 4.18. The van der Waals surface area contributed by atoms with E-state index in [0.717, 1.165) is 21.2 Å². The zero-order valence-corrected chi connectivity index (χ0v) is 18.9. The molecule has 2 N–H and O–H groups in total. The van der Waals surface area contributed by atoms with Crippen LogP contribution in [0.1, 0.15) is 43.4 Å². The van der Waals surface area contributed by atoms with E-state index in [0.29, 0.717) is 11.5 Å². The molecule has 0 fully saturated rings. The van der Waals surface area contributed by atoms with Gasteiger partial charge in [-0.3, -0.25) is 20.4 Å². The summed E-state index contributed by atoms with van der Waals surface area (Å²) < 4.78 is 12.2. The molecule has 0 radical (unpaired) electrons. The normalized spacial score (nSPS) is 11.7. The molecule has 0 aliphatic rings. The summed E-state index contributed by atoms with van der Waals surface area (Å²) in [6, 6.07) is 11.2. The van der Waals surface area contributed by atoms with Gasteiger partial charge in [-0.25, -0.2) is 0 Å². The van der Waals surface area contributed by atoms with E-state index < -0.39 is 17.9 Å². The van der Waals surface area contributed by atoms with Crippen molar-refractivity contribution in [2.24, 2.45) is 0 Å². The van der Waals surface area contributed by atoms with Gasteiger partial charge in [0, 0.05) is 4.47 Å². The molecular formula is C22H27BrN2O4. The van der Waals surface area contributed by atoms with Crippen LogP contribution in [0, 0.1) is 13.8 Å². The Kier molecular flexibility index (Phi) is 8.08. The van der Waals surface area contributed by atoms with Crippen molar-refractivity contribution in [3.05, 3.63) is 57.6 Å². The fourth-order valence-corrected chi connectivity index (χ4v) is 2.94. The summed E-state index contributed by atoms with van der Waals surface area (Å²) in [4.78, 5) is 24.2. The highest BCUT2D eigenvalue weighted by Gasteiger charge is 2.16. The van der Waals surface area contributed by atoms with Crippen LogP contribution in [0.3, 0.4) is 0 Å². The zero-order valence-electron chi connectivity index (χ0n) is 17.3. The van der Waals surface area contributed by atoms with E-state index >= 15 is 0 Å². The molecule has 0 bridgehead atoms. The second-order valence-corrected chi connectivity index (χ2v) is 8.08. The number of amides is 2. The maximum atomic E-state index is 12.2. The standard InChI is InChI=1S/C22H27BrN2O4/c1-13(2)19-11-17(23)7-9-20(19)28-12-21(26)24-25-22(27)16(5)29-18-8-6-14(3)15(4)10-18/h6-11,13,16H,12H2,1-5H3,(H,24,26)(H,25,27). The van der Waals surface area contributed by atoms with Gasteiger partial charge in [-0.1, -0.05) is 35.8 Å². The Hall–Kier alpha value is -2.54. The molecule has 6 nitrogen and oxygen atoms in total. The fourth-order valence-electron chi connectivity index (χ4n) is 2.56. The van der Waals surface area contributed by atoms with E-state index in [9.17, 15) is 9.59 Å². The molecule has 0 aliphatic heterocycles. The van der Waals surface area contributed by atoms with Crippen LogP contribution in [-0.2, 0) is 9.59 Å². The van der Waals surface area contributed by atoms with Crippen LogP contribution < -0.4 is 20.3 Å². The average Bonchev–Trinajstić information content (AvgIpc) is 2.67. The molecule has 2 rings (SSSR count). The third kappa shape index (κ3) is 6.78. The van der Waals surface area contributed by atoms with Crippen LogP contribution in [0.2, 0.25) is 0 Å². The third-order valence-corrected chi connectivity index (χ3v) is 4.93. The first kappa shape index (κ1) is 22.7. The van der Waals surface area contributed by atoms with Crippen molar-refractivity contribution >= 4 is 27.7 Å². The number of ether oxygens (including phenoxy) is 2. The Morgan fingerprint density at radius 1 is 1.00 bits per heavy atom. The number of carbonyl (C=O) groups excluding carboxylic acids is 2. The number of nitrogens with one attached hydrogen (secondary N) is 2. The molecule has 2 aromatic carbocycles. The monoisotopic (exact) mass is 462 g/mol. The van der Waals surface area contributed by atoms with Crippen molar-refractivity contribution < 1.29 is 19.1 Å². The summed E-state index contributed by atoms with van der Waals surface area (Å²) in [5.41, 5.74) is 7.92. The first-order chi connectivity index (χ1) is 13.7. The molecule has 29 heavy (non-hydrogen) atoms. The predicted molar refractivity (Wildman–Crippen MR) is 116 cm³/mol. The van der Waals surface area contributed by atoms with Gasteiger partial charge in [0.25, 0.3) is 11.8 Å². The largest absolute Gasteiger partial charge is 0.483 e. The van der Waals surface area contributed by atoms with Crippen LogP contribution in [0.4, 0.5) is 0 Å². The Bertz CT molecular complexity index is 883. The summed E-state index contributed by atoms with van der Waals surface area (Å²) >= 11 is 3.44. The van der Waals surface area contributed by atoms with Crippen LogP contribution in [0.5, 0.6) is 11.5 Å². The topological polar surface area (TPSA) is 76.7 Å². The smallest absolute Gasteiger partial charge is 0.279 e. The van der Waals surface area contributed by atoms with Gasteiger partial charge in [0.05, 0.1) is 0 Å². The number of halogens is 1. The van der Waals surface area contributed by atoms with Gasteiger partial charge in [0.2, 0.25) is 0 Å². The van der Waals surface area contributed by atoms with E-state index in [1.54, 1.807) is 6.92 Å². The molecule has 1 atom stereocenters. The minimum Gasteiger partial charge on any atom is -0.483 e. The molecule has 0 heterocycles. The summed E-state index contributed by atoms with van der Waals surface area (Å²) in [6.45, 7) is 9.48. The number of benzene rings is 2. The lowest BCUT2D eigenvalue weighted by atomic mass is 10.0. The third-order valence-electron chi connectivity index (χ3n) is 4.44. The van der Waals surface area contributed by atoms with Gasteiger partial charge in [-0.2, -0.15) is 0 Å². The highest BCUT2D eigenvalue weighted by molar-refractivity contribution is 9.10. The second-order valence-electron chi connectivity index (χ2n) is 7.17. The van der Waals surface area contributed by atoms with Crippen LogP contribution in [0.15, 0.2) is 40.9 Å². The van der Waals surface area contributed by atoms with Gasteiger partial charge in [-0.05, 0) is 73.7 Å². The lowest BCUT2D eigenvalue weighted by Crippen LogP contribution is -2.48. The van der Waals surface area contributed by atoms with Crippen molar-refractivity contribution in [1.29, 1.82) is 0 Å². The Morgan fingerprint density at radius 3 is 2.38 bits per heavy atom. The van der Waals surface area contributed by atoms with Crippen LogP contribution in [0.25, 0.3) is 0 Å². The Balaban J connectivity index is 1.82. The number of carbonyl (C=O) groups is 2. The molecule has 7 heteroatoms. The Morgan fingerprint density at radius 2 is 1.72 bits per heavy atom. The molecule has 0 saturated heterocycles. The van der Waals surface area contributed by atoms with E-state index in [-0.39, 0.29) is 12.5 Å². The van der Waals surface area contributed by atoms with Gasteiger partial charge >= 0.3 is 0 Å². The number of aryl methyl sites for hydroxylation is 2. The molecule has 0 saturated carbocycles. The fraction of sp³-hybridized carbons (Fsp3) is 0.364. The molecule has 2 aromatic rings. The average molecular weight is 463 g/mol. The van der Waals surface area contributed by atoms with Crippen LogP contribution in [-0.4, -0.2) is 24.5 Å². The van der Waals surface area contributed by atoms with Gasteiger partial charge in [0.1, 0.15) is 11.5 Å². The summed E-state index contributed by atoms with van der Waals surface area (Å²) in [5, 5.41) is 0. The molecular weight excluding hydrogens is 436 g/mol.